The summed E-state index contributed by atoms with van der Waals surface area (Å²) in [4.78, 5) is 4.17. The minimum atomic E-state index is -3.70. The second-order valence-corrected chi connectivity index (χ2v) is 6.37. The van der Waals surface area contributed by atoms with Crippen LogP contribution in [0.4, 0.5) is 0 Å². The molecule has 1 heterocycles. The first-order valence-corrected chi connectivity index (χ1v) is 6.96. The number of rotatable bonds is 2. The summed E-state index contributed by atoms with van der Waals surface area (Å²) < 4.78 is 22.5. The summed E-state index contributed by atoms with van der Waals surface area (Å²) >= 11 is 0. The molecule has 15 heavy (non-hydrogen) atoms. The van der Waals surface area contributed by atoms with Gasteiger partial charge in [0.05, 0.1) is 0 Å². The van der Waals surface area contributed by atoms with Gasteiger partial charge in [-0.3, -0.25) is 4.98 Å². The van der Waals surface area contributed by atoms with Crippen molar-refractivity contribution in [2.75, 3.05) is 0 Å². The van der Waals surface area contributed by atoms with Crippen LogP contribution in [0.15, 0.2) is 11.1 Å². The van der Waals surface area contributed by atoms with Crippen LogP contribution in [0.25, 0.3) is 0 Å². The molecule has 0 aromatic carbocycles. The topological polar surface area (TPSA) is 47.0 Å². The van der Waals surface area contributed by atoms with Crippen molar-refractivity contribution in [1.29, 1.82) is 0 Å². The predicted octanol–water partition coefficient (Wildman–Crippen LogP) is 2.75. The van der Waals surface area contributed by atoms with Gasteiger partial charge in [-0.25, -0.2) is 8.42 Å². The standard InChI is InChI=1S/C10H14ClNO2S/c1-6(2)10-7(3)9(15(11,13)14)5-12-8(10)4/h5-6H,1-4H3. The zero-order valence-electron chi connectivity index (χ0n) is 9.20. The third-order valence-corrected chi connectivity index (χ3v) is 3.81. The van der Waals surface area contributed by atoms with Gasteiger partial charge in [-0.05, 0) is 30.9 Å². The lowest BCUT2D eigenvalue weighted by Gasteiger charge is -2.14. The molecule has 1 aromatic rings. The molecule has 0 N–H and O–H groups in total. The minimum absolute atomic E-state index is 0.110. The zero-order chi connectivity index (χ0) is 11.8. The van der Waals surface area contributed by atoms with Crippen LogP contribution in [0.3, 0.4) is 0 Å². The molecule has 1 rings (SSSR count). The van der Waals surface area contributed by atoms with E-state index in [1.165, 1.54) is 6.20 Å². The summed E-state index contributed by atoms with van der Waals surface area (Å²) in [5.74, 6) is 0.232. The van der Waals surface area contributed by atoms with Crippen molar-refractivity contribution in [2.24, 2.45) is 0 Å². The smallest absolute Gasteiger partial charge is 0.260 e. The van der Waals surface area contributed by atoms with Crippen LogP contribution in [0, 0.1) is 13.8 Å². The zero-order valence-corrected chi connectivity index (χ0v) is 10.8. The molecule has 0 atom stereocenters. The van der Waals surface area contributed by atoms with E-state index in [9.17, 15) is 8.42 Å². The van der Waals surface area contributed by atoms with Crippen LogP contribution in [0.2, 0.25) is 0 Å². The molecular weight excluding hydrogens is 234 g/mol. The Balaban J connectivity index is 3.56. The quantitative estimate of drug-likeness (QED) is 0.755. The van der Waals surface area contributed by atoms with Crippen molar-refractivity contribution in [1.82, 2.24) is 4.98 Å². The fraction of sp³-hybridized carbons (Fsp3) is 0.500. The highest BCUT2D eigenvalue weighted by Crippen LogP contribution is 2.28. The molecule has 0 saturated heterocycles. The number of aryl methyl sites for hydroxylation is 1. The van der Waals surface area contributed by atoms with E-state index in [0.29, 0.717) is 5.56 Å². The van der Waals surface area contributed by atoms with E-state index >= 15 is 0 Å². The first kappa shape index (κ1) is 12.5. The van der Waals surface area contributed by atoms with Crippen molar-refractivity contribution in [3.8, 4) is 0 Å². The Bertz CT molecular complexity index is 480. The molecule has 0 amide bonds. The van der Waals surface area contributed by atoms with Crippen LogP contribution in [-0.4, -0.2) is 13.4 Å². The molecule has 1 aromatic heterocycles. The van der Waals surface area contributed by atoms with Gasteiger partial charge in [-0.2, -0.15) is 0 Å². The van der Waals surface area contributed by atoms with Gasteiger partial charge in [0.25, 0.3) is 9.05 Å². The average molecular weight is 248 g/mol. The van der Waals surface area contributed by atoms with Gasteiger partial charge >= 0.3 is 0 Å². The van der Waals surface area contributed by atoms with Gasteiger partial charge in [-0.1, -0.05) is 13.8 Å². The fourth-order valence-corrected chi connectivity index (χ4v) is 2.94. The Labute approximate surface area is 94.9 Å². The Morgan fingerprint density at radius 3 is 2.27 bits per heavy atom. The first-order valence-electron chi connectivity index (χ1n) is 4.66. The lowest BCUT2D eigenvalue weighted by Crippen LogP contribution is -2.05. The highest BCUT2D eigenvalue weighted by Gasteiger charge is 2.19. The van der Waals surface area contributed by atoms with Crippen molar-refractivity contribution >= 4 is 19.7 Å². The van der Waals surface area contributed by atoms with Crippen molar-refractivity contribution < 1.29 is 8.42 Å². The van der Waals surface area contributed by atoms with Crippen LogP contribution < -0.4 is 0 Å². The molecule has 0 saturated carbocycles. The summed E-state index contributed by atoms with van der Waals surface area (Å²) in [5.41, 5.74) is 2.51. The van der Waals surface area contributed by atoms with Crippen LogP contribution in [0.1, 0.15) is 36.6 Å². The molecule has 0 unspecified atom stereocenters. The Morgan fingerprint density at radius 2 is 1.87 bits per heavy atom. The van der Waals surface area contributed by atoms with E-state index in [-0.39, 0.29) is 10.8 Å². The number of hydrogen-bond donors (Lipinski definition) is 0. The number of nitrogens with zero attached hydrogens (tertiary/aromatic N) is 1. The van der Waals surface area contributed by atoms with Crippen LogP contribution >= 0.6 is 10.7 Å². The van der Waals surface area contributed by atoms with E-state index < -0.39 is 9.05 Å². The molecule has 0 fully saturated rings. The third kappa shape index (κ3) is 2.49. The van der Waals surface area contributed by atoms with E-state index in [0.717, 1.165) is 11.3 Å². The summed E-state index contributed by atoms with van der Waals surface area (Å²) in [6.45, 7) is 7.63. The second-order valence-electron chi connectivity index (χ2n) is 3.84. The highest BCUT2D eigenvalue weighted by molar-refractivity contribution is 8.13. The average Bonchev–Trinajstić information content (AvgIpc) is 2.00. The van der Waals surface area contributed by atoms with E-state index in [4.69, 9.17) is 10.7 Å². The maximum atomic E-state index is 11.3. The molecule has 5 heteroatoms. The van der Waals surface area contributed by atoms with Gasteiger partial charge in [0.2, 0.25) is 0 Å². The molecule has 0 aliphatic rings. The van der Waals surface area contributed by atoms with Crippen molar-refractivity contribution in [3.05, 3.63) is 23.0 Å². The molecule has 0 aliphatic heterocycles. The summed E-state index contributed by atoms with van der Waals surface area (Å²) in [5, 5.41) is 0. The van der Waals surface area contributed by atoms with E-state index in [1.807, 2.05) is 20.8 Å². The number of aromatic nitrogens is 1. The van der Waals surface area contributed by atoms with Crippen LogP contribution in [-0.2, 0) is 9.05 Å². The van der Waals surface area contributed by atoms with Crippen LogP contribution in [0.5, 0.6) is 0 Å². The summed E-state index contributed by atoms with van der Waals surface area (Å²) in [6, 6.07) is 0. The monoisotopic (exact) mass is 247 g/mol. The van der Waals surface area contributed by atoms with Gasteiger partial charge in [0, 0.05) is 22.6 Å². The molecule has 0 bridgehead atoms. The third-order valence-electron chi connectivity index (χ3n) is 2.38. The van der Waals surface area contributed by atoms with Gasteiger partial charge < -0.3 is 0 Å². The van der Waals surface area contributed by atoms with Gasteiger partial charge in [-0.15, -0.1) is 0 Å². The fourth-order valence-electron chi connectivity index (χ4n) is 1.82. The molecule has 3 nitrogen and oxygen atoms in total. The Morgan fingerprint density at radius 1 is 1.33 bits per heavy atom. The van der Waals surface area contributed by atoms with E-state index in [1.54, 1.807) is 6.92 Å². The van der Waals surface area contributed by atoms with Crippen molar-refractivity contribution in [2.45, 2.75) is 38.5 Å². The first-order chi connectivity index (χ1) is 6.75. The lowest BCUT2D eigenvalue weighted by atomic mass is 9.97. The number of hydrogen-bond acceptors (Lipinski definition) is 3. The summed E-state index contributed by atoms with van der Waals surface area (Å²) in [6.07, 6.45) is 1.32. The molecule has 0 spiro atoms. The summed E-state index contributed by atoms with van der Waals surface area (Å²) in [7, 11) is 1.63. The molecule has 0 aliphatic carbocycles. The Kier molecular flexibility index (Phi) is 3.41. The second kappa shape index (κ2) is 4.10. The van der Waals surface area contributed by atoms with Gasteiger partial charge in [0.1, 0.15) is 4.90 Å². The molecular formula is C10H14ClNO2S. The number of halogens is 1. The molecule has 0 radical (unpaired) electrons. The lowest BCUT2D eigenvalue weighted by molar-refractivity contribution is 0.608. The molecule has 84 valence electrons. The highest BCUT2D eigenvalue weighted by atomic mass is 35.7. The number of pyridine rings is 1. The maximum absolute atomic E-state index is 11.3. The van der Waals surface area contributed by atoms with Crippen molar-refractivity contribution in [3.63, 3.8) is 0 Å². The predicted molar refractivity (Wildman–Crippen MR) is 60.8 cm³/mol. The van der Waals surface area contributed by atoms with E-state index in [2.05, 4.69) is 4.98 Å². The SMILES string of the molecule is Cc1ncc(S(=O)(=O)Cl)c(C)c1C(C)C. The Hall–Kier alpha value is -0.610. The normalized spacial score (nSPS) is 12.1. The van der Waals surface area contributed by atoms with Gasteiger partial charge in [0.15, 0.2) is 0 Å². The largest absolute Gasteiger partial charge is 0.263 e. The minimum Gasteiger partial charge on any atom is -0.260 e. The maximum Gasteiger partial charge on any atom is 0.263 e.